The molecule has 0 amide bonds. The second-order valence-corrected chi connectivity index (χ2v) is 23.0. The predicted molar refractivity (Wildman–Crippen MR) is 333 cm³/mol. The van der Waals surface area contributed by atoms with Crippen LogP contribution in [0.1, 0.15) is 72.3 Å². The highest BCUT2D eigenvalue weighted by Gasteiger charge is 2.42. The summed E-state index contributed by atoms with van der Waals surface area (Å²) in [5.74, 6) is 2.28. The average molecular weight is 1020 g/mol. The number of rotatable bonds is 7. The lowest BCUT2D eigenvalue weighted by atomic mass is 9.70. The molecule has 1 saturated carbocycles. The zero-order valence-corrected chi connectivity index (χ0v) is 44.5. The molecule has 1 fully saturated rings. The topological polar surface area (TPSA) is 13.1 Å². The lowest BCUT2D eigenvalue weighted by Gasteiger charge is -2.34. The average Bonchev–Trinajstić information content (AvgIpc) is 4.31. The molecule has 0 radical (unpaired) electrons. The smallest absolute Gasteiger partial charge is 0.0630 e. The van der Waals surface area contributed by atoms with Crippen molar-refractivity contribution in [1.29, 1.82) is 0 Å². The molecule has 0 bridgehead atoms. The van der Waals surface area contributed by atoms with Crippen LogP contribution >= 0.6 is 0 Å². The monoisotopic (exact) mass is 1020 g/mol. The molecule has 3 heteroatoms. The zero-order valence-electron chi connectivity index (χ0n) is 44.5. The molecule has 5 aliphatic carbocycles. The van der Waals surface area contributed by atoms with Crippen LogP contribution in [-0.4, -0.2) is 15.2 Å². The van der Waals surface area contributed by atoms with Crippen LogP contribution < -0.4 is 4.90 Å². The Hall–Kier alpha value is -8.92. The summed E-state index contributed by atoms with van der Waals surface area (Å²) in [5, 5.41) is 5.18. The van der Waals surface area contributed by atoms with Crippen molar-refractivity contribution in [2.75, 3.05) is 4.90 Å². The first kappa shape index (κ1) is 46.2. The summed E-state index contributed by atoms with van der Waals surface area (Å²) in [6, 6.07) is 73.1. The Bertz CT molecular complexity index is 4360. The summed E-state index contributed by atoms with van der Waals surface area (Å²) in [4.78, 5) is 2.52. The van der Waals surface area contributed by atoms with E-state index in [4.69, 9.17) is 0 Å². The lowest BCUT2D eigenvalue weighted by Crippen LogP contribution is -2.28. The van der Waals surface area contributed by atoms with E-state index in [-0.39, 0.29) is 17.9 Å². The van der Waals surface area contributed by atoms with E-state index in [1.54, 1.807) is 5.57 Å². The highest BCUT2D eigenvalue weighted by atomic mass is 15.2. The van der Waals surface area contributed by atoms with Crippen molar-refractivity contribution in [3.05, 3.63) is 294 Å². The fourth-order valence-electron chi connectivity index (χ4n) is 15.1. The van der Waals surface area contributed by atoms with Crippen LogP contribution in [0, 0.1) is 23.7 Å². The first-order valence-electron chi connectivity index (χ1n) is 28.8. The summed E-state index contributed by atoms with van der Waals surface area (Å²) in [7, 11) is 0. The van der Waals surface area contributed by atoms with E-state index in [2.05, 4.69) is 282 Å². The van der Waals surface area contributed by atoms with Crippen molar-refractivity contribution in [2.24, 2.45) is 23.7 Å². The first-order chi connectivity index (χ1) is 39.1. The minimum absolute atomic E-state index is 0.223. The number of allylic oxidation sites excluding steroid dienone is 14. The van der Waals surface area contributed by atoms with Gasteiger partial charge in [0.1, 0.15) is 0 Å². The third-order valence-electron chi connectivity index (χ3n) is 18.9. The van der Waals surface area contributed by atoms with Crippen LogP contribution in [0.2, 0.25) is 0 Å². The van der Waals surface area contributed by atoms with Crippen molar-refractivity contribution in [3.8, 4) is 5.69 Å². The van der Waals surface area contributed by atoms with Gasteiger partial charge in [-0.15, -0.1) is 0 Å². The van der Waals surface area contributed by atoms with Crippen LogP contribution in [-0.2, 0) is 0 Å². The molecule has 6 aliphatic rings. The molecule has 7 atom stereocenters. The lowest BCUT2D eigenvalue weighted by molar-refractivity contribution is 0.326. The molecule has 0 N–H and O–H groups in total. The maximum Gasteiger partial charge on any atom is 0.0630 e. The SMILES string of the molecule is CC1C(c2ccccc2)CC2CC=C(c3ccc4c(c3)c3cc(C5=CC6c7ccccc7N(c7ccccc7)C6C=C5)ccc3n4-c3ccccc3)C=C2C2C=C(c3ccc4c(c3)c3ccccc3n4C3=CCCC=C3)C=CC21. The predicted octanol–water partition coefficient (Wildman–Crippen LogP) is 19.4. The van der Waals surface area contributed by atoms with E-state index in [0.29, 0.717) is 23.7 Å². The summed E-state index contributed by atoms with van der Waals surface area (Å²) < 4.78 is 4.94. The van der Waals surface area contributed by atoms with Gasteiger partial charge in [0.25, 0.3) is 0 Å². The zero-order chi connectivity index (χ0) is 52.1. The number of hydrogen-bond donors (Lipinski definition) is 0. The van der Waals surface area contributed by atoms with Gasteiger partial charge in [-0.2, -0.15) is 0 Å². The molecule has 7 unspecified atom stereocenters. The van der Waals surface area contributed by atoms with Gasteiger partial charge in [-0.3, -0.25) is 0 Å². The van der Waals surface area contributed by atoms with E-state index in [1.165, 1.54) is 111 Å². The molecule has 3 heterocycles. The summed E-state index contributed by atoms with van der Waals surface area (Å²) in [5.41, 5.74) is 22.2. The van der Waals surface area contributed by atoms with Crippen molar-refractivity contribution in [3.63, 3.8) is 0 Å². The number of benzene rings is 8. The molecular weight excluding hydrogens is 955 g/mol. The van der Waals surface area contributed by atoms with Crippen LogP contribution in [0.15, 0.2) is 267 Å². The standard InChI is InChI=1S/C76H61N3/c1-49-61-37-32-52(53-33-38-73-67(44-53)62-26-14-16-28-71(62)77(73)58-20-8-3-9-21-58)43-66(61)65-42-51(30-31-57(65)48-64(49)50-18-6-2-7-19-50)55-35-40-75-69(46-55)70-47-56(36-41-76(70)79(75)60-24-12-5-13-25-60)54-34-39-74-68(45-54)63-27-15-17-29-72(63)78(74)59-22-10-4-11-23-59/h2,4-8,10-30,32-47,49,57,61,64,66,68,74H,3,9,31,48H2,1H3. The molecule has 3 nitrogen and oxygen atoms in total. The van der Waals surface area contributed by atoms with E-state index in [0.717, 1.165) is 25.7 Å². The van der Waals surface area contributed by atoms with Gasteiger partial charge < -0.3 is 14.0 Å². The molecule has 380 valence electrons. The third kappa shape index (κ3) is 7.54. The Balaban J connectivity index is 0.803. The highest BCUT2D eigenvalue weighted by molar-refractivity contribution is 6.13. The van der Waals surface area contributed by atoms with Crippen molar-refractivity contribution < 1.29 is 0 Å². The van der Waals surface area contributed by atoms with Gasteiger partial charge >= 0.3 is 0 Å². The fraction of sp³-hybridized carbons (Fsp3) is 0.158. The Morgan fingerprint density at radius 3 is 1.78 bits per heavy atom. The maximum atomic E-state index is 2.67. The molecule has 8 aromatic carbocycles. The second kappa shape index (κ2) is 18.6. The molecule has 79 heavy (non-hydrogen) atoms. The van der Waals surface area contributed by atoms with E-state index < -0.39 is 0 Å². The Morgan fingerprint density at radius 1 is 0.468 bits per heavy atom. The Morgan fingerprint density at radius 2 is 1.06 bits per heavy atom. The van der Waals surface area contributed by atoms with E-state index in [1.807, 2.05) is 0 Å². The third-order valence-corrected chi connectivity index (χ3v) is 18.9. The van der Waals surface area contributed by atoms with Crippen LogP contribution in [0.4, 0.5) is 11.4 Å². The number of aromatic nitrogens is 2. The van der Waals surface area contributed by atoms with Gasteiger partial charge in [-0.25, -0.2) is 0 Å². The number of para-hydroxylation sites is 4. The maximum absolute atomic E-state index is 2.67. The quantitative estimate of drug-likeness (QED) is 0.155. The molecular formula is C76H61N3. The molecule has 10 aromatic rings. The van der Waals surface area contributed by atoms with Gasteiger partial charge in [0.05, 0.1) is 28.1 Å². The van der Waals surface area contributed by atoms with Gasteiger partial charge in [0.2, 0.25) is 0 Å². The normalized spacial score (nSPS) is 23.1. The number of anilines is 2. The molecule has 16 rings (SSSR count). The van der Waals surface area contributed by atoms with Gasteiger partial charge in [-0.1, -0.05) is 195 Å². The molecule has 0 saturated heterocycles. The molecule has 1 aliphatic heterocycles. The first-order valence-corrected chi connectivity index (χ1v) is 28.8. The minimum atomic E-state index is 0.223. The number of fused-ring (bicyclic) bond motifs is 12. The van der Waals surface area contributed by atoms with Gasteiger partial charge in [0.15, 0.2) is 0 Å². The van der Waals surface area contributed by atoms with Crippen LogP contribution in [0.3, 0.4) is 0 Å². The second-order valence-electron chi connectivity index (χ2n) is 23.0. The Kier molecular flexibility index (Phi) is 10.9. The van der Waals surface area contributed by atoms with Crippen molar-refractivity contribution >= 4 is 77.4 Å². The van der Waals surface area contributed by atoms with Crippen LogP contribution in [0.25, 0.3) is 71.7 Å². The van der Waals surface area contributed by atoms with E-state index >= 15 is 0 Å². The van der Waals surface area contributed by atoms with Gasteiger partial charge in [0, 0.05) is 56.1 Å². The summed E-state index contributed by atoms with van der Waals surface area (Å²) in [6.45, 7) is 2.54. The van der Waals surface area contributed by atoms with Gasteiger partial charge in [-0.05, 0) is 173 Å². The largest absolute Gasteiger partial charge is 0.333 e. The fourth-order valence-corrected chi connectivity index (χ4v) is 15.1. The van der Waals surface area contributed by atoms with Crippen molar-refractivity contribution in [2.45, 2.75) is 50.5 Å². The molecule has 2 aromatic heterocycles. The van der Waals surface area contributed by atoms with Crippen molar-refractivity contribution in [1.82, 2.24) is 9.13 Å². The number of nitrogens with zero attached hydrogens (tertiary/aromatic N) is 3. The summed E-state index contributed by atoms with van der Waals surface area (Å²) in [6.07, 6.45) is 31.6. The Labute approximate surface area is 463 Å². The molecule has 0 spiro atoms. The van der Waals surface area contributed by atoms with Crippen LogP contribution in [0.5, 0.6) is 0 Å². The van der Waals surface area contributed by atoms with E-state index in [9.17, 15) is 0 Å². The highest BCUT2D eigenvalue weighted by Crippen LogP contribution is 2.54. The minimum Gasteiger partial charge on any atom is -0.333 e. The number of hydrogen-bond acceptors (Lipinski definition) is 1. The summed E-state index contributed by atoms with van der Waals surface area (Å²) >= 11 is 0.